The first-order valence-electron chi connectivity index (χ1n) is 7.19. The molecular formula is C15H19BrN2O5. The summed E-state index contributed by atoms with van der Waals surface area (Å²) in [5.41, 5.74) is -0.459. The van der Waals surface area contributed by atoms with Crippen molar-refractivity contribution < 1.29 is 24.2 Å². The number of aromatic carboxylic acids is 1. The molecule has 1 fully saturated rings. The molecule has 1 atom stereocenters. The van der Waals surface area contributed by atoms with E-state index in [1.165, 1.54) is 12.3 Å². The van der Waals surface area contributed by atoms with Gasteiger partial charge in [0.2, 0.25) is 5.88 Å². The summed E-state index contributed by atoms with van der Waals surface area (Å²) in [6, 6.07) is 1.44. The summed E-state index contributed by atoms with van der Waals surface area (Å²) >= 11 is 3.25. The van der Waals surface area contributed by atoms with Gasteiger partial charge >= 0.3 is 12.1 Å². The first kappa shape index (κ1) is 17.5. The molecule has 0 bridgehead atoms. The summed E-state index contributed by atoms with van der Waals surface area (Å²) in [6.45, 7) is 6.41. The second-order valence-electron chi connectivity index (χ2n) is 6.27. The van der Waals surface area contributed by atoms with Crippen LogP contribution in [-0.4, -0.2) is 51.8 Å². The predicted molar refractivity (Wildman–Crippen MR) is 85.7 cm³/mol. The second kappa shape index (κ2) is 6.74. The van der Waals surface area contributed by atoms with E-state index in [2.05, 4.69) is 20.9 Å². The van der Waals surface area contributed by atoms with Gasteiger partial charge in [0.25, 0.3) is 0 Å². The number of nitrogens with zero attached hydrogens (tertiary/aromatic N) is 2. The van der Waals surface area contributed by atoms with Crippen LogP contribution in [0.4, 0.5) is 4.79 Å². The Labute approximate surface area is 142 Å². The molecule has 1 saturated heterocycles. The molecule has 1 aromatic heterocycles. The topological polar surface area (TPSA) is 89.0 Å². The summed E-state index contributed by atoms with van der Waals surface area (Å²) < 4.78 is 11.5. The summed E-state index contributed by atoms with van der Waals surface area (Å²) in [5, 5.41) is 8.91. The van der Waals surface area contributed by atoms with Crippen molar-refractivity contribution in [2.45, 2.75) is 38.9 Å². The minimum atomic E-state index is -1.05. The number of aromatic nitrogens is 1. The highest BCUT2D eigenvalue weighted by molar-refractivity contribution is 9.10. The van der Waals surface area contributed by atoms with E-state index in [1.807, 2.05) is 20.8 Å². The van der Waals surface area contributed by atoms with Crippen molar-refractivity contribution >= 4 is 28.0 Å². The van der Waals surface area contributed by atoms with E-state index < -0.39 is 11.6 Å². The Morgan fingerprint density at radius 2 is 2.13 bits per heavy atom. The molecule has 1 N–H and O–H groups in total. The number of hydrogen-bond acceptors (Lipinski definition) is 5. The van der Waals surface area contributed by atoms with Gasteiger partial charge < -0.3 is 19.5 Å². The minimum absolute atomic E-state index is 0.0750. The van der Waals surface area contributed by atoms with E-state index in [1.54, 1.807) is 4.90 Å². The maximum absolute atomic E-state index is 12.0. The highest BCUT2D eigenvalue weighted by Gasteiger charge is 2.31. The molecule has 0 radical (unpaired) electrons. The largest absolute Gasteiger partial charge is 0.478 e. The number of amides is 1. The number of rotatable bonds is 3. The van der Waals surface area contributed by atoms with Crippen LogP contribution in [0.3, 0.4) is 0 Å². The minimum Gasteiger partial charge on any atom is -0.478 e. The lowest BCUT2D eigenvalue weighted by molar-refractivity contribution is 0.0274. The number of pyridine rings is 1. The van der Waals surface area contributed by atoms with Gasteiger partial charge in [-0.25, -0.2) is 14.6 Å². The van der Waals surface area contributed by atoms with Gasteiger partial charge in [0, 0.05) is 19.2 Å². The number of carbonyl (C=O) groups is 2. The smallest absolute Gasteiger partial charge is 0.410 e. The Balaban J connectivity index is 1.96. The molecule has 0 saturated carbocycles. The molecule has 1 aromatic rings. The van der Waals surface area contributed by atoms with Crippen LogP contribution >= 0.6 is 15.9 Å². The van der Waals surface area contributed by atoms with E-state index in [0.717, 1.165) is 0 Å². The third-order valence-electron chi connectivity index (χ3n) is 3.13. The Morgan fingerprint density at radius 1 is 1.43 bits per heavy atom. The van der Waals surface area contributed by atoms with Crippen LogP contribution in [0.1, 0.15) is 37.6 Å². The third-order valence-corrected chi connectivity index (χ3v) is 3.70. The van der Waals surface area contributed by atoms with Gasteiger partial charge in [0.15, 0.2) is 0 Å². The number of carbonyl (C=O) groups excluding carboxylic acids is 1. The van der Waals surface area contributed by atoms with Crippen LogP contribution in [0.25, 0.3) is 0 Å². The molecule has 0 spiro atoms. The maximum Gasteiger partial charge on any atom is 0.410 e. The number of carboxylic acids is 1. The van der Waals surface area contributed by atoms with Crippen LogP contribution in [0, 0.1) is 0 Å². The number of ether oxygens (including phenoxy) is 2. The van der Waals surface area contributed by atoms with Gasteiger partial charge in [-0.3, -0.25) is 0 Å². The monoisotopic (exact) mass is 386 g/mol. The van der Waals surface area contributed by atoms with Crippen molar-refractivity contribution in [3.05, 3.63) is 22.3 Å². The molecule has 0 unspecified atom stereocenters. The van der Waals surface area contributed by atoms with Crippen LogP contribution in [0.2, 0.25) is 0 Å². The van der Waals surface area contributed by atoms with E-state index in [0.29, 0.717) is 29.9 Å². The third kappa shape index (κ3) is 4.82. The summed E-state index contributed by atoms with van der Waals surface area (Å²) in [7, 11) is 0. The lowest BCUT2D eigenvalue weighted by Crippen LogP contribution is -2.36. The molecule has 126 valence electrons. The van der Waals surface area contributed by atoms with E-state index in [4.69, 9.17) is 14.6 Å². The van der Waals surface area contributed by atoms with Gasteiger partial charge in [-0.1, -0.05) is 0 Å². The average Bonchev–Trinajstić information content (AvgIpc) is 2.87. The van der Waals surface area contributed by atoms with E-state index >= 15 is 0 Å². The lowest BCUT2D eigenvalue weighted by Gasteiger charge is -2.24. The van der Waals surface area contributed by atoms with E-state index in [-0.39, 0.29) is 17.8 Å². The first-order chi connectivity index (χ1) is 10.7. The highest BCUT2D eigenvalue weighted by atomic mass is 79.9. The molecule has 0 aromatic carbocycles. The van der Waals surface area contributed by atoms with E-state index in [9.17, 15) is 9.59 Å². The summed E-state index contributed by atoms with van der Waals surface area (Å²) in [6.07, 6.45) is 1.33. The lowest BCUT2D eigenvalue weighted by atomic mass is 10.2. The molecule has 23 heavy (non-hydrogen) atoms. The first-order valence-corrected chi connectivity index (χ1v) is 7.98. The van der Waals surface area contributed by atoms with Gasteiger partial charge in [-0.05, 0) is 42.8 Å². The summed E-state index contributed by atoms with van der Waals surface area (Å²) in [5.74, 6) is -0.743. The molecule has 0 aliphatic carbocycles. The number of halogens is 1. The zero-order chi connectivity index (χ0) is 17.2. The molecule has 8 heteroatoms. The van der Waals surface area contributed by atoms with Crippen molar-refractivity contribution in [3.8, 4) is 5.88 Å². The molecule has 2 heterocycles. The van der Waals surface area contributed by atoms with Crippen LogP contribution < -0.4 is 4.74 Å². The van der Waals surface area contributed by atoms with Gasteiger partial charge in [-0.2, -0.15) is 0 Å². The Morgan fingerprint density at radius 3 is 2.70 bits per heavy atom. The van der Waals surface area contributed by atoms with Crippen molar-refractivity contribution in [3.63, 3.8) is 0 Å². The zero-order valence-corrected chi connectivity index (χ0v) is 14.8. The van der Waals surface area contributed by atoms with Crippen molar-refractivity contribution in [2.75, 3.05) is 13.1 Å². The molecular weight excluding hydrogens is 368 g/mol. The normalized spacial score (nSPS) is 17.9. The quantitative estimate of drug-likeness (QED) is 0.858. The van der Waals surface area contributed by atoms with Crippen LogP contribution in [0.15, 0.2) is 16.7 Å². The Bertz CT molecular complexity index is 614. The fourth-order valence-corrected chi connectivity index (χ4v) is 2.55. The number of likely N-dealkylation sites (tertiary alicyclic amines) is 1. The van der Waals surface area contributed by atoms with Crippen LogP contribution in [0.5, 0.6) is 5.88 Å². The van der Waals surface area contributed by atoms with Crippen molar-refractivity contribution in [1.29, 1.82) is 0 Å². The Hall–Kier alpha value is -1.83. The fraction of sp³-hybridized carbons (Fsp3) is 0.533. The molecule has 1 amide bonds. The molecule has 1 aliphatic heterocycles. The number of hydrogen-bond donors (Lipinski definition) is 1. The van der Waals surface area contributed by atoms with Gasteiger partial charge in [0.1, 0.15) is 11.7 Å². The standard InChI is InChI=1S/C15H19BrN2O5/c1-15(2,3)23-14(21)18-5-4-10(8-18)22-12-11(16)6-9(7-17-12)13(19)20/h6-7,10H,4-5,8H2,1-3H3,(H,19,20)/t10-/m0/s1. The highest BCUT2D eigenvalue weighted by Crippen LogP contribution is 2.26. The molecule has 2 rings (SSSR count). The predicted octanol–water partition coefficient (Wildman–Crippen LogP) is 2.93. The fourth-order valence-electron chi connectivity index (χ4n) is 2.10. The van der Waals surface area contributed by atoms with Crippen molar-refractivity contribution in [2.24, 2.45) is 0 Å². The number of carboxylic acid groups (broad SMARTS) is 1. The van der Waals surface area contributed by atoms with Crippen LogP contribution in [-0.2, 0) is 4.74 Å². The molecule has 7 nitrogen and oxygen atoms in total. The SMILES string of the molecule is CC(C)(C)OC(=O)N1CC[C@H](Oc2ncc(C(=O)O)cc2Br)C1. The van der Waals surface area contributed by atoms with Gasteiger partial charge in [0.05, 0.1) is 16.6 Å². The summed E-state index contributed by atoms with van der Waals surface area (Å²) in [4.78, 5) is 28.5. The average molecular weight is 387 g/mol. The van der Waals surface area contributed by atoms with Crippen molar-refractivity contribution in [1.82, 2.24) is 9.88 Å². The maximum atomic E-state index is 12.0. The zero-order valence-electron chi connectivity index (χ0n) is 13.2. The van der Waals surface area contributed by atoms with Gasteiger partial charge in [-0.15, -0.1) is 0 Å². The molecule has 1 aliphatic rings. The second-order valence-corrected chi connectivity index (χ2v) is 7.13. The Kier molecular flexibility index (Phi) is 5.13.